The van der Waals surface area contributed by atoms with Crippen LogP contribution in [-0.2, 0) is 4.79 Å². The summed E-state index contributed by atoms with van der Waals surface area (Å²) in [6.45, 7) is 7.60. The van der Waals surface area contributed by atoms with E-state index >= 15 is 0 Å². The standard InChI is InChI=1S/C30H30FN7O3S/c1-16(2)35-27(39)15-42-37-22-12-23-19(9-17(22)3)11-24(36-23)29(40)20-13-34-38(30(20)32)25-14-33-28(10-18(25)4)41-26-8-6-5-7-21(26)31/h5-14,16,36-37H,15,32H2,1-4H3,(H,35,39). The number of benzene rings is 2. The minimum atomic E-state index is -0.495. The van der Waals surface area contributed by atoms with Crippen molar-refractivity contribution in [3.8, 4) is 17.3 Å². The number of H-pyrrole nitrogens is 1. The summed E-state index contributed by atoms with van der Waals surface area (Å²) in [6.07, 6.45) is 2.93. The monoisotopic (exact) mass is 587 g/mol. The third kappa shape index (κ3) is 6.08. The SMILES string of the molecule is Cc1cc2cc(C(=O)c3cnn(-c4cnc(Oc5ccccc5F)cc4C)c3N)[nH]c2cc1NSCC(=O)NC(C)C. The summed E-state index contributed by atoms with van der Waals surface area (Å²) in [5.74, 6) is -0.164. The Balaban J connectivity index is 1.33. The molecule has 10 nitrogen and oxygen atoms in total. The summed E-state index contributed by atoms with van der Waals surface area (Å²) in [6, 6.07) is 13.4. The van der Waals surface area contributed by atoms with Crippen LogP contribution >= 0.6 is 11.9 Å². The van der Waals surface area contributed by atoms with Crippen molar-refractivity contribution in [1.29, 1.82) is 0 Å². The molecule has 0 spiro atoms. The third-order valence-electron chi connectivity index (χ3n) is 6.43. The van der Waals surface area contributed by atoms with E-state index in [0.717, 1.165) is 22.2 Å². The quantitative estimate of drug-likeness (QED) is 0.121. The van der Waals surface area contributed by atoms with Gasteiger partial charge in [0.1, 0.15) is 5.82 Å². The predicted octanol–water partition coefficient (Wildman–Crippen LogP) is 5.69. The van der Waals surface area contributed by atoms with Crippen LogP contribution in [0.25, 0.3) is 16.6 Å². The number of fused-ring (bicyclic) bond motifs is 1. The van der Waals surface area contributed by atoms with E-state index in [1.54, 1.807) is 24.3 Å². The number of ketones is 1. The molecule has 5 aromatic rings. The Morgan fingerprint density at radius 2 is 1.90 bits per heavy atom. The van der Waals surface area contributed by atoms with Gasteiger partial charge in [-0.05, 0) is 81.1 Å². The van der Waals surface area contributed by atoms with Gasteiger partial charge in [-0.25, -0.2) is 14.1 Å². The van der Waals surface area contributed by atoms with E-state index in [2.05, 4.69) is 25.1 Å². The first kappa shape index (κ1) is 28.7. The number of nitrogens with zero attached hydrogens (tertiary/aromatic N) is 3. The average Bonchev–Trinajstić information content (AvgIpc) is 3.52. The topological polar surface area (TPSA) is 140 Å². The highest BCUT2D eigenvalue weighted by molar-refractivity contribution is 8.01. The van der Waals surface area contributed by atoms with Crippen LogP contribution in [0, 0.1) is 19.7 Å². The number of nitrogens with two attached hydrogens (primary N) is 1. The first-order valence-corrected chi connectivity index (χ1v) is 14.2. The number of para-hydroxylation sites is 1. The molecule has 5 N–H and O–H groups in total. The molecule has 3 heterocycles. The highest BCUT2D eigenvalue weighted by atomic mass is 32.2. The minimum Gasteiger partial charge on any atom is -0.436 e. The number of halogens is 1. The van der Waals surface area contributed by atoms with Gasteiger partial charge in [-0.15, -0.1) is 0 Å². The minimum absolute atomic E-state index is 0.0510. The van der Waals surface area contributed by atoms with Gasteiger partial charge < -0.3 is 25.5 Å². The lowest BCUT2D eigenvalue weighted by atomic mass is 10.1. The molecule has 0 aliphatic carbocycles. The number of amides is 1. The molecule has 0 atom stereocenters. The number of carbonyl (C=O) groups excluding carboxylic acids is 2. The largest absolute Gasteiger partial charge is 0.436 e. The van der Waals surface area contributed by atoms with Gasteiger partial charge >= 0.3 is 0 Å². The van der Waals surface area contributed by atoms with Gasteiger partial charge in [-0.1, -0.05) is 12.1 Å². The molecular weight excluding hydrogens is 557 g/mol. The lowest BCUT2D eigenvalue weighted by Gasteiger charge is -2.11. The molecule has 0 unspecified atom stereocenters. The zero-order chi connectivity index (χ0) is 30.0. The molecule has 2 aromatic carbocycles. The Kier molecular flexibility index (Phi) is 8.16. The van der Waals surface area contributed by atoms with E-state index < -0.39 is 5.82 Å². The van der Waals surface area contributed by atoms with Crippen molar-refractivity contribution in [3.05, 3.63) is 89.1 Å². The lowest BCUT2D eigenvalue weighted by Crippen LogP contribution is -2.31. The number of ether oxygens (including phenoxy) is 1. The van der Waals surface area contributed by atoms with Crippen LogP contribution in [0.15, 0.2) is 60.9 Å². The van der Waals surface area contributed by atoms with Crippen LogP contribution in [0.3, 0.4) is 0 Å². The van der Waals surface area contributed by atoms with Gasteiger partial charge in [0, 0.05) is 28.7 Å². The lowest BCUT2D eigenvalue weighted by molar-refractivity contribution is -0.119. The maximum absolute atomic E-state index is 14.0. The second kappa shape index (κ2) is 12.0. The van der Waals surface area contributed by atoms with E-state index in [-0.39, 0.29) is 46.5 Å². The summed E-state index contributed by atoms with van der Waals surface area (Å²) < 4.78 is 24.2. The number of nitrogen functional groups attached to an aromatic ring is 1. The summed E-state index contributed by atoms with van der Waals surface area (Å²) in [4.78, 5) is 32.8. The molecule has 5 rings (SSSR count). The first-order chi connectivity index (χ1) is 20.1. The third-order valence-corrected chi connectivity index (χ3v) is 7.20. The van der Waals surface area contributed by atoms with Crippen molar-refractivity contribution in [2.24, 2.45) is 0 Å². The Labute approximate surface area is 246 Å². The Hall–Kier alpha value is -4.84. The van der Waals surface area contributed by atoms with Crippen molar-refractivity contribution >= 4 is 46.0 Å². The molecule has 0 fully saturated rings. The van der Waals surface area contributed by atoms with Crippen LogP contribution in [-0.4, -0.2) is 43.2 Å². The Morgan fingerprint density at radius 3 is 2.64 bits per heavy atom. The van der Waals surface area contributed by atoms with Gasteiger partial charge in [-0.3, -0.25) is 9.59 Å². The van der Waals surface area contributed by atoms with Gasteiger partial charge in [0.15, 0.2) is 11.6 Å². The molecule has 0 saturated heterocycles. The van der Waals surface area contributed by atoms with Gasteiger partial charge in [0.2, 0.25) is 17.6 Å². The summed E-state index contributed by atoms with van der Waals surface area (Å²) in [7, 11) is 0. The number of hydrogen-bond acceptors (Lipinski definition) is 8. The molecule has 0 saturated carbocycles. The molecular formula is C30H30FN7O3S. The molecule has 3 aromatic heterocycles. The van der Waals surface area contributed by atoms with Gasteiger partial charge in [0.25, 0.3) is 0 Å². The molecule has 42 heavy (non-hydrogen) atoms. The summed E-state index contributed by atoms with van der Waals surface area (Å²) in [5, 5.41) is 8.06. The van der Waals surface area contributed by atoms with Crippen LogP contribution in [0.5, 0.6) is 11.6 Å². The molecule has 1 amide bonds. The van der Waals surface area contributed by atoms with E-state index in [9.17, 15) is 14.0 Å². The average molecular weight is 588 g/mol. The fourth-order valence-corrected chi connectivity index (χ4v) is 5.04. The smallest absolute Gasteiger partial charge is 0.232 e. The number of carbonyl (C=O) groups is 2. The van der Waals surface area contributed by atoms with Crippen molar-refractivity contribution in [2.75, 3.05) is 16.2 Å². The van der Waals surface area contributed by atoms with Crippen LogP contribution in [0.1, 0.15) is 41.0 Å². The van der Waals surface area contributed by atoms with Crippen LogP contribution in [0.4, 0.5) is 15.9 Å². The highest BCUT2D eigenvalue weighted by Crippen LogP contribution is 2.29. The van der Waals surface area contributed by atoms with Crippen molar-refractivity contribution in [3.63, 3.8) is 0 Å². The Bertz CT molecular complexity index is 1800. The number of aromatic amines is 1. The second-order valence-corrected chi connectivity index (χ2v) is 10.9. The number of hydrogen-bond donors (Lipinski definition) is 4. The van der Waals surface area contributed by atoms with E-state index in [0.29, 0.717) is 16.9 Å². The number of pyridine rings is 1. The molecule has 216 valence electrons. The van der Waals surface area contributed by atoms with Gasteiger partial charge in [0.05, 0.1) is 35.1 Å². The fraction of sp³-hybridized carbons (Fsp3) is 0.200. The summed E-state index contributed by atoms with van der Waals surface area (Å²) in [5.41, 5.74) is 10.8. The maximum Gasteiger partial charge on any atom is 0.232 e. The zero-order valence-corrected chi connectivity index (χ0v) is 24.3. The summed E-state index contributed by atoms with van der Waals surface area (Å²) >= 11 is 1.29. The van der Waals surface area contributed by atoms with Gasteiger partial charge in [-0.2, -0.15) is 5.10 Å². The number of aromatic nitrogens is 4. The van der Waals surface area contributed by atoms with Crippen molar-refractivity contribution in [2.45, 2.75) is 33.7 Å². The molecule has 0 aliphatic rings. The van der Waals surface area contributed by atoms with Crippen LogP contribution in [0.2, 0.25) is 0 Å². The maximum atomic E-state index is 14.0. The predicted molar refractivity (Wildman–Crippen MR) is 163 cm³/mol. The molecule has 0 bridgehead atoms. The highest BCUT2D eigenvalue weighted by Gasteiger charge is 2.21. The first-order valence-electron chi connectivity index (χ1n) is 13.2. The second-order valence-electron chi connectivity index (χ2n) is 10.1. The Morgan fingerprint density at radius 1 is 1.12 bits per heavy atom. The molecule has 0 aliphatic heterocycles. The van der Waals surface area contributed by atoms with E-state index in [4.69, 9.17) is 10.5 Å². The molecule has 0 radical (unpaired) electrons. The fourth-order valence-electron chi connectivity index (χ4n) is 4.38. The van der Waals surface area contributed by atoms with Crippen LogP contribution < -0.4 is 20.5 Å². The van der Waals surface area contributed by atoms with E-state index in [1.807, 2.05) is 39.8 Å². The number of anilines is 2. The normalized spacial score (nSPS) is 11.2. The number of nitrogens with one attached hydrogen (secondary N) is 3. The van der Waals surface area contributed by atoms with E-state index in [1.165, 1.54) is 41.2 Å². The number of aryl methyl sites for hydroxylation is 2. The molecule has 12 heteroatoms. The zero-order valence-electron chi connectivity index (χ0n) is 23.5. The number of rotatable bonds is 10. The van der Waals surface area contributed by atoms with Crippen molar-refractivity contribution < 1.29 is 18.7 Å². The van der Waals surface area contributed by atoms with Crippen molar-refractivity contribution in [1.82, 2.24) is 25.1 Å².